The van der Waals surface area contributed by atoms with E-state index in [-0.39, 0.29) is 12.5 Å². The van der Waals surface area contributed by atoms with E-state index in [9.17, 15) is 9.90 Å². The summed E-state index contributed by atoms with van der Waals surface area (Å²) in [6.07, 6.45) is 1.50. The molecule has 5 nitrogen and oxygen atoms in total. The number of benzene rings is 1. The molecule has 4 aromatic rings. The van der Waals surface area contributed by atoms with Crippen LogP contribution in [0.1, 0.15) is 21.8 Å². The third-order valence-electron chi connectivity index (χ3n) is 4.19. The molecule has 0 saturated heterocycles. The number of thiophene rings is 1. The normalized spacial score (nSPS) is 13.2. The van der Waals surface area contributed by atoms with Crippen LogP contribution in [0.25, 0.3) is 10.6 Å². The van der Waals surface area contributed by atoms with Crippen molar-refractivity contribution in [2.24, 2.45) is 0 Å². The Balaban J connectivity index is 1.52. The van der Waals surface area contributed by atoms with Gasteiger partial charge in [0.2, 0.25) is 0 Å². The van der Waals surface area contributed by atoms with Crippen molar-refractivity contribution in [3.8, 4) is 10.6 Å². The molecule has 4 rings (SSSR count). The van der Waals surface area contributed by atoms with Gasteiger partial charge in [-0.1, -0.05) is 30.3 Å². The fourth-order valence-electron chi connectivity index (χ4n) is 2.74. The van der Waals surface area contributed by atoms with Crippen LogP contribution >= 0.6 is 22.7 Å². The number of thiazole rings is 1. The van der Waals surface area contributed by atoms with Gasteiger partial charge in [-0.3, -0.25) is 4.79 Å². The fourth-order valence-corrected chi connectivity index (χ4v) is 4.27. The van der Waals surface area contributed by atoms with E-state index in [1.807, 2.05) is 47.2 Å². The maximum atomic E-state index is 12.6. The van der Waals surface area contributed by atoms with Gasteiger partial charge in [0, 0.05) is 16.5 Å². The highest BCUT2D eigenvalue weighted by atomic mass is 32.1. The van der Waals surface area contributed by atoms with Crippen molar-refractivity contribution in [2.45, 2.75) is 5.60 Å². The van der Waals surface area contributed by atoms with Crippen molar-refractivity contribution in [1.29, 1.82) is 0 Å². The van der Waals surface area contributed by atoms with Gasteiger partial charge < -0.3 is 14.8 Å². The minimum Gasteiger partial charge on any atom is -0.466 e. The van der Waals surface area contributed by atoms with Crippen LogP contribution in [0.4, 0.5) is 0 Å². The number of hydrogen-bond donors (Lipinski definition) is 2. The van der Waals surface area contributed by atoms with Crippen LogP contribution in [-0.2, 0) is 5.60 Å². The summed E-state index contributed by atoms with van der Waals surface area (Å²) in [6, 6.07) is 14.9. The van der Waals surface area contributed by atoms with Crippen LogP contribution in [0.15, 0.2) is 75.4 Å². The van der Waals surface area contributed by atoms with Crippen LogP contribution in [-0.4, -0.2) is 22.5 Å². The van der Waals surface area contributed by atoms with Crippen LogP contribution in [0.2, 0.25) is 0 Å². The van der Waals surface area contributed by atoms with Crippen LogP contribution in [0.3, 0.4) is 0 Å². The van der Waals surface area contributed by atoms with Gasteiger partial charge in [-0.2, -0.15) is 11.3 Å². The number of aromatic nitrogens is 1. The zero-order chi connectivity index (χ0) is 18.7. The maximum absolute atomic E-state index is 12.6. The number of nitrogens with zero attached hydrogens (tertiary/aromatic N) is 1. The van der Waals surface area contributed by atoms with Gasteiger partial charge in [0.15, 0.2) is 5.60 Å². The molecule has 0 saturated carbocycles. The Kier molecular flexibility index (Phi) is 4.89. The van der Waals surface area contributed by atoms with Crippen molar-refractivity contribution < 1.29 is 14.3 Å². The van der Waals surface area contributed by atoms with Gasteiger partial charge in [0.05, 0.1) is 12.8 Å². The molecular weight excluding hydrogens is 380 g/mol. The summed E-state index contributed by atoms with van der Waals surface area (Å²) >= 11 is 2.88. The summed E-state index contributed by atoms with van der Waals surface area (Å²) in [5.41, 5.74) is 0.529. The molecule has 0 spiro atoms. The van der Waals surface area contributed by atoms with Crippen molar-refractivity contribution in [3.05, 3.63) is 88.0 Å². The average molecular weight is 396 g/mol. The first-order valence-electron chi connectivity index (χ1n) is 8.25. The van der Waals surface area contributed by atoms with Gasteiger partial charge in [-0.15, -0.1) is 11.3 Å². The second kappa shape index (κ2) is 7.48. The van der Waals surface area contributed by atoms with Gasteiger partial charge in [-0.05, 0) is 29.0 Å². The molecule has 2 N–H and O–H groups in total. The van der Waals surface area contributed by atoms with E-state index in [2.05, 4.69) is 10.3 Å². The number of furan rings is 1. The van der Waals surface area contributed by atoms with Gasteiger partial charge in [-0.25, -0.2) is 4.98 Å². The van der Waals surface area contributed by atoms with E-state index in [1.165, 1.54) is 28.9 Å². The summed E-state index contributed by atoms with van der Waals surface area (Å²) in [5.74, 6) is 0.0399. The molecule has 0 bridgehead atoms. The molecule has 7 heteroatoms. The molecule has 27 heavy (non-hydrogen) atoms. The minimum atomic E-state index is -1.43. The zero-order valence-corrected chi connectivity index (χ0v) is 15.8. The highest BCUT2D eigenvalue weighted by molar-refractivity contribution is 7.13. The zero-order valence-electron chi connectivity index (χ0n) is 14.2. The first kappa shape index (κ1) is 17.7. The molecule has 0 fully saturated rings. The standard InChI is InChI=1S/C20H16N2O3S2/c23-18(16-12-27-19(22-16)14-5-2-1-3-6-14)21-13-20(24,15-8-10-26-11-15)17-7-4-9-25-17/h1-12,24H,13H2,(H,21,23). The molecule has 1 atom stereocenters. The van der Waals surface area contributed by atoms with Crippen molar-refractivity contribution in [1.82, 2.24) is 10.3 Å². The topological polar surface area (TPSA) is 75.4 Å². The summed E-state index contributed by atoms with van der Waals surface area (Å²) < 4.78 is 5.41. The Bertz CT molecular complexity index is 975. The molecule has 1 amide bonds. The first-order chi connectivity index (χ1) is 13.2. The smallest absolute Gasteiger partial charge is 0.270 e. The number of aliphatic hydroxyl groups is 1. The summed E-state index contributed by atoms with van der Waals surface area (Å²) in [4.78, 5) is 17.0. The van der Waals surface area contributed by atoms with E-state index < -0.39 is 5.60 Å². The molecule has 0 radical (unpaired) electrons. The van der Waals surface area contributed by atoms with E-state index in [0.717, 1.165) is 10.6 Å². The summed E-state index contributed by atoms with van der Waals surface area (Å²) in [5, 5.41) is 20.2. The third-order valence-corrected chi connectivity index (χ3v) is 5.76. The number of amides is 1. The number of hydrogen-bond acceptors (Lipinski definition) is 6. The molecular formula is C20H16N2O3S2. The molecule has 0 aliphatic carbocycles. The van der Waals surface area contributed by atoms with Gasteiger partial charge in [0.1, 0.15) is 16.5 Å². The lowest BCUT2D eigenvalue weighted by atomic mass is 9.93. The van der Waals surface area contributed by atoms with Crippen molar-refractivity contribution in [3.63, 3.8) is 0 Å². The largest absolute Gasteiger partial charge is 0.466 e. The van der Waals surface area contributed by atoms with Gasteiger partial charge >= 0.3 is 0 Å². The van der Waals surface area contributed by atoms with Gasteiger partial charge in [0.25, 0.3) is 5.91 Å². The van der Waals surface area contributed by atoms with E-state index >= 15 is 0 Å². The number of rotatable bonds is 6. The molecule has 3 heterocycles. The minimum absolute atomic E-state index is 0.0196. The molecule has 136 valence electrons. The Morgan fingerprint density at radius 1 is 1.15 bits per heavy atom. The maximum Gasteiger partial charge on any atom is 0.270 e. The fraction of sp³-hybridized carbons (Fsp3) is 0.100. The lowest BCUT2D eigenvalue weighted by Gasteiger charge is -2.25. The van der Waals surface area contributed by atoms with Crippen molar-refractivity contribution >= 4 is 28.6 Å². The number of carbonyl (C=O) groups excluding carboxylic acids is 1. The molecule has 1 aromatic carbocycles. The summed E-state index contributed by atoms with van der Waals surface area (Å²) in [6.45, 7) is -0.0196. The Morgan fingerprint density at radius 2 is 2.00 bits per heavy atom. The predicted molar refractivity (Wildman–Crippen MR) is 106 cm³/mol. The predicted octanol–water partition coefficient (Wildman–Crippen LogP) is 4.13. The Labute approximate surface area is 163 Å². The quantitative estimate of drug-likeness (QED) is 0.514. The highest BCUT2D eigenvalue weighted by Crippen LogP contribution is 2.31. The second-order valence-corrected chi connectivity index (χ2v) is 7.57. The van der Waals surface area contributed by atoms with E-state index in [1.54, 1.807) is 17.5 Å². The summed E-state index contributed by atoms with van der Waals surface area (Å²) in [7, 11) is 0. The Hall–Kier alpha value is -2.74. The van der Waals surface area contributed by atoms with Crippen LogP contribution < -0.4 is 5.32 Å². The first-order valence-corrected chi connectivity index (χ1v) is 10.1. The lowest BCUT2D eigenvalue weighted by Crippen LogP contribution is -2.41. The monoisotopic (exact) mass is 396 g/mol. The van der Waals surface area contributed by atoms with Crippen molar-refractivity contribution in [2.75, 3.05) is 6.54 Å². The molecule has 1 unspecified atom stereocenters. The molecule has 3 aromatic heterocycles. The highest BCUT2D eigenvalue weighted by Gasteiger charge is 2.35. The SMILES string of the molecule is O=C(NCC(O)(c1ccsc1)c1ccco1)c1csc(-c2ccccc2)n1. The average Bonchev–Trinajstić information content (AvgIpc) is 3.48. The Morgan fingerprint density at radius 3 is 2.70 bits per heavy atom. The molecule has 0 aliphatic heterocycles. The molecule has 0 aliphatic rings. The number of carbonyl (C=O) groups is 1. The van der Waals surface area contributed by atoms with E-state index in [4.69, 9.17) is 4.42 Å². The second-order valence-electron chi connectivity index (χ2n) is 5.94. The van der Waals surface area contributed by atoms with E-state index in [0.29, 0.717) is 17.0 Å². The van der Waals surface area contributed by atoms with Crippen LogP contribution in [0.5, 0.6) is 0 Å². The third kappa shape index (κ3) is 3.57. The lowest BCUT2D eigenvalue weighted by molar-refractivity contribution is 0.0527. The van der Waals surface area contributed by atoms with Crippen LogP contribution in [0, 0.1) is 0 Å². The number of nitrogens with one attached hydrogen (secondary N) is 1.